The molecule has 4 heteroatoms. The molecule has 90 valence electrons. The van der Waals surface area contributed by atoms with E-state index in [1.165, 1.54) is 0 Å². The van der Waals surface area contributed by atoms with Gasteiger partial charge in [-0.2, -0.15) is 0 Å². The summed E-state index contributed by atoms with van der Waals surface area (Å²) >= 11 is 0. The van der Waals surface area contributed by atoms with Crippen LogP contribution in [0.5, 0.6) is 0 Å². The highest BCUT2D eigenvalue weighted by atomic mass is 15.2. The first-order valence-electron chi connectivity index (χ1n) is 5.88. The van der Waals surface area contributed by atoms with Gasteiger partial charge in [0.25, 0.3) is 0 Å². The third kappa shape index (κ3) is 2.43. The van der Waals surface area contributed by atoms with E-state index in [9.17, 15) is 0 Å². The van der Waals surface area contributed by atoms with Gasteiger partial charge >= 0.3 is 0 Å². The summed E-state index contributed by atoms with van der Waals surface area (Å²) in [5.74, 6) is 2.30. The molecule has 0 bridgehead atoms. The Labute approximate surface area is 97.9 Å². The first kappa shape index (κ1) is 12.7. The molecule has 0 spiro atoms. The van der Waals surface area contributed by atoms with Crippen molar-refractivity contribution in [2.24, 2.45) is 0 Å². The van der Waals surface area contributed by atoms with Gasteiger partial charge in [0.05, 0.1) is 0 Å². The van der Waals surface area contributed by atoms with Gasteiger partial charge in [-0.1, -0.05) is 6.92 Å². The fraction of sp³-hybridized carbons (Fsp3) is 0.667. The van der Waals surface area contributed by atoms with Crippen molar-refractivity contribution >= 4 is 11.6 Å². The maximum absolute atomic E-state index is 5.88. The highest BCUT2D eigenvalue weighted by Crippen LogP contribution is 2.23. The predicted octanol–water partition coefficient (Wildman–Crippen LogP) is 2.30. The second kappa shape index (κ2) is 5.14. The third-order valence-electron chi connectivity index (χ3n) is 3.01. The number of aryl methyl sites for hydroxylation is 1. The van der Waals surface area contributed by atoms with E-state index >= 15 is 0 Å². The van der Waals surface area contributed by atoms with Crippen LogP contribution in [0.1, 0.15) is 38.6 Å². The van der Waals surface area contributed by atoms with Crippen molar-refractivity contribution < 1.29 is 0 Å². The van der Waals surface area contributed by atoms with Gasteiger partial charge in [-0.3, -0.25) is 0 Å². The second-order valence-corrected chi connectivity index (χ2v) is 4.15. The van der Waals surface area contributed by atoms with E-state index in [1.54, 1.807) is 0 Å². The van der Waals surface area contributed by atoms with Crippen LogP contribution in [0.4, 0.5) is 11.6 Å². The number of hydrogen-bond donors (Lipinski definition) is 1. The van der Waals surface area contributed by atoms with E-state index < -0.39 is 0 Å². The van der Waals surface area contributed by atoms with Gasteiger partial charge in [0.2, 0.25) is 0 Å². The van der Waals surface area contributed by atoms with E-state index in [4.69, 9.17) is 5.73 Å². The van der Waals surface area contributed by atoms with Crippen molar-refractivity contribution in [2.75, 3.05) is 17.2 Å². The van der Waals surface area contributed by atoms with Gasteiger partial charge in [0.15, 0.2) is 0 Å². The number of aromatic nitrogens is 2. The average molecular weight is 222 g/mol. The molecular weight excluding hydrogens is 200 g/mol. The molecule has 1 atom stereocenters. The summed E-state index contributed by atoms with van der Waals surface area (Å²) in [6, 6.07) is 0.470. The molecule has 0 saturated carbocycles. The molecule has 1 aromatic heterocycles. The van der Waals surface area contributed by atoms with Crippen LogP contribution >= 0.6 is 0 Å². The van der Waals surface area contributed by atoms with Crippen molar-refractivity contribution in [3.8, 4) is 0 Å². The molecule has 0 aliphatic heterocycles. The Morgan fingerprint density at radius 1 is 1.25 bits per heavy atom. The van der Waals surface area contributed by atoms with Crippen LogP contribution in [0.25, 0.3) is 0 Å². The van der Waals surface area contributed by atoms with Gasteiger partial charge in [0.1, 0.15) is 17.5 Å². The smallest absolute Gasteiger partial charge is 0.137 e. The van der Waals surface area contributed by atoms with Crippen LogP contribution in [-0.4, -0.2) is 22.6 Å². The van der Waals surface area contributed by atoms with Crippen molar-refractivity contribution in [1.29, 1.82) is 0 Å². The first-order valence-corrected chi connectivity index (χ1v) is 5.88. The van der Waals surface area contributed by atoms with E-state index in [0.717, 1.165) is 30.2 Å². The molecule has 0 aliphatic carbocycles. The third-order valence-corrected chi connectivity index (χ3v) is 3.01. The highest BCUT2D eigenvalue weighted by molar-refractivity contribution is 5.56. The van der Waals surface area contributed by atoms with Gasteiger partial charge in [-0.15, -0.1) is 0 Å². The van der Waals surface area contributed by atoms with Gasteiger partial charge in [0, 0.05) is 18.2 Å². The van der Waals surface area contributed by atoms with Gasteiger partial charge in [-0.05, 0) is 34.1 Å². The molecule has 0 aromatic carbocycles. The Hall–Kier alpha value is -1.32. The summed E-state index contributed by atoms with van der Waals surface area (Å²) < 4.78 is 0. The minimum absolute atomic E-state index is 0.470. The van der Waals surface area contributed by atoms with Crippen molar-refractivity contribution in [2.45, 2.75) is 47.1 Å². The minimum atomic E-state index is 0.470. The molecule has 1 aromatic rings. The molecule has 0 amide bonds. The van der Waals surface area contributed by atoms with Crippen molar-refractivity contribution in [3.05, 3.63) is 11.4 Å². The SMILES string of the molecule is CCC(C)N(CC)c1nc(C)nc(N)c1C. The van der Waals surface area contributed by atoms with E-state index in [-0.39, 0.29) is 0 Å². The average Bonchev–Trinajstić information content (AvgIpc) is 2.25. The van der Waals surface area contributed by atoms with Crippen LogP contribution in [0.2, 0.25) is 0 Å². The summed E-state index contributed by atoms with van der Waals surface area (Å²) in [6.45, 7) is 11.3. The van der Waals surface area contributed by atoms with Gasteiger partial charge < -0.3 is 10.6 Å². The van der Waals surface area contributed by atoms with Crippen molar-refractivity contribution in [3.63, 3.8) is 0 Å². The van der Waals surface area contributed by atoms with E-state index in [0.29, 0.717) is 11.9 Å². The lowest BCUT2D eigenvalue weighted by molar-refractivity contribution is 0.620. The Bertz CT molecular complexity index is 362. The molecule has 16 heavy (non-hydrogen) atoms. The molecule has 4 nitrogen and oxygen atoms in total. The summed E-state index contributed by atoms with van der Waals surface area (Å²) in [5.41, 5.74) is 6.86. The Kier molecular flexibility index (Phi) is 4.10. The molecule has 1 rings (SSSR count). The number of anilines is 2. The zero-order valence-electron chi connectivity index (χ0n) is 10.9. The first-order chi connectivity index (χ1) is 7.51. The number of nitrogens with two attached hydrogens (primary N) is 1. The maximum Gasteiger partial charge on any atom is 0.137 e. The summed E-state index contributed by atoms with van der Waals surface area (Å²) in [7, 11) is 0. The normalized spacial score (nSPS) is 12.6. The second-order valence-electron chi connectivity index (χ2n) is 4.15. The lowest BCUT2D eigenvalue weighted by atomic mass is 10.2. The summed E-state index contributed by atoms with van der Waals surface area (Å²) in [5, 5.41) is 0. The molecule has 0 fully saturated rings. The standard InChI is InChI=1S/C12H22N4/c1-6-8(3)16(7-2)12-9(4)11(13)14-10(5)15-12/h8H,6-7H2,1-5H3,(H2,13,14,15). The van der Waals surface area contributed by atoms with Gasteiger partial charge in [-0.25, -0.2) is 9.97 Å². The number of nitrogens with zero attached hydrogens (tertiary/aromatic N) is 3. The predicted molar refractivity (Wildman–Crippen MR) is 68.7 cm³/mol. The number of rotatable bonds is 4. The number of nitrogen functional groups attached to an aromatic ring is 1. The van der Waals surface area contributed by atoms with E-state index in [2.05, 4.69) is 35.6 Å². The van der Waals surface area contributed by atoms with Crippen LogP contribution in [-0.2, 0) is 0 Å². The minimum Gasteiger partial charge on any atom is -0.383 e. The zero-order valence-corrected chi connectivity index (χ0v) is 10.9. The fourth-order valence-corrected chi connectivity index (χ4v) is 1.81. The van der Waals surface area contributed by atoms with Crippen LogP contribution in [0, 0.1) is 13.8 Å². The zero-order chi connectivity index (χ0) is 12.3. The van der Waals surface area contributed by atoms with Crippen molar-refractivity contribution in [1.82, 2.24) is 9.97 Å². The molecule has 0 aliphatic rings. The Balaban J connectivity index is 3.19. The lowest BCUT2D eigenvalue weighted by Gasteiger charge is -2.30. The monoisotopic (exact) mass is 222 g/mol. The fourth-order valence-electron chi connectivity index (χ4n) is 1.81. The number of hydrogen-bond acceptors (Lipinski definition) is 4. The molecule has 2 N–H and O–H groups in total. The van der Waals surface area contributed by atoms with E-state index in [1.807, 2.05) is 13.8 Å². The van der Waals surface area contributed by atoms with Crippen LogP contribution < -0.4 is 10.6 Å². The molecule has 0 saturated heterocycles. The van der Waals surface area contributed by atoms with Crippen LogP contribution in [0.3, 0.4) is 0 Å². The molecule has 1 heterocycles. The molecule has 0 radical (unpaired) electrons. The largest absolute Gasteiger partial charge is 0.383 e. The summed E-state index contributed by atoms with van der Waals surface area (Å²) in [6.07, 6.45) is 1.09. The van der Waals surface area contributed by atoms with Crippen LogP contribution in [0.15, 0.2) is 0 Å². The Morgan fingerprint density at radius 2 is 1.88 bits per heavy atom. The Morgan fingerprint density at radius 3 is 2.38 bits per heavy atom. The summed E-state index contributed by atoms with van der Waals surface area (Å²) in [4.78, 5) is 11.0. The molecular formula is C12H22N4. The quantitative estimate of drug-likeness (QED) is 0.849. The molecule has 1 unspecified atom stereocenters. The maximum atomic E-state index is 5.88. The lowest BCUT2D eigenvalue weighted by Crippen LogP contribution is -2.34. The topological polar surface area (TPSA) is 55.0 Å². The highest BCUT2D eigenvalue weighted by Gasteiger charge is 2.17.